The van der Waals surface area contributed by atoms with Crippen molar-refractivity contribution in [2.24, 2.45) is 17.8 Å². The molecule has 3 fully saturated rings. The summed E-state index contributed by atoms with van der Waals surface area (Å²) in [6.45, 7) is 9.71. The van der Waals surface area contributed by atoms with E-state index in [1.54, 1.807) is 39.2 Å². The Hall–Kier alpha value is -2.44. The molecule has 1 N–H and O–H groups in total. The molecule has 12 heteroatoms. The maximum absolute atomic E-state index is 14.6. The number of benzene rings is 1. The maximum Gasteiger partial charge on any atom is 0.310 e. The summed E-state index contributed by atoms with van der Waals surface area (Å²) in [6, 6.07) is 6.05. The lowest BCUT2D eigenvalue weighted by Crippen LogP contribution is -2.58. The summed E-state index contributed by atoms with van der Waals surface area (Å²) in [5, 5.41) is 18.7. The topological polar surface area (TPSA) is 118 Å². The quantitative estimate of drug-likeness (QED) is 0.245. The van der Waals surface area contributed by atoms with E-state index >= 15 is 0 Å². The van der Waals surface area contributed by atoms with Crippen LogP contribution in [0.3, 0.4) is 0 Å². The van der Waals surface area contributed by atoms with Crippen molar-refractivity contribution in [3.8, 4) is 0 Å². The van der Waals surface area contributed by atoms with Crippen molar-refractivity contribution in [3.05, 3.63) is 36.9 Å². The first-order valence-electron chi connectivity index (χ1n) is 13.3. The minimum absolute atomic E-state index is 0.0602. The standard InChI is InChI=1S/C27H34BrN5O5S/c1-5-11-31(14-32-18-10-8-7-9-17(18)29-30-32)25(36)23-27-12-16(28)22(39-27)20(26(37)38-6-2)21(27)24(35)33(23)19(13-34)15(3)4/h5,7-10,15-16,19-23,34H,1,6,11-14H2,2-4H3/t16?,19-,20-,21-,22-,23?,27?/m0/s1. The Morgan fingerprint density at radius 3 is 2.79 bits per heavy atom. The number of aliphatic hydroxyl groups excluding tert-OH is 1. The van der Waals surface area contributed by atoms with Gasteiger partial charge in [-0.15, -0.1) is 23.4 Å². The van der Waals surface area contributed by atoms with Gasteiger partial charge in [-0.1, -0.05) is 53.2 Å². The summed E-state index contributed by atoms with van der Waals surface area (Å²) < 4.78 is 6.24. The van der Waals surface area contributed by atoms with Gasteiger partial charge >= 0.3 is 5.97 Å². The number of carbonyl (C=O) groups is 3. The number of thioether (sulfide) groups is 1. The van der Waals surface area contributed by atoms with E-state index in [4.69, 9.17) is 4.74 Å². The summed E-state index contributed by atoms with van der Waals surface area (Å²) in [5.41, 5.74) is 1.49. The zero-order valence-corrected chi connectivity index (χ0v) is 24.7. The van der Waals surface area contributed by atoms with Crippen LogP contribution < -0.4 is 0 Å². The van der Waals surface area contributed by atoms with Crippen molar-refractivity contribution in [1.82, 2.24) is 24.8 Å². The van der Waals surface area contributed by atoms with Crippen LogP contribution in [0.15, 0.2) is 36.9 Å². The zero-order valence-electron chi connectivity index (χ0n) is 22.3. The molecule has 210 valence electrons. The summed E-state index contributed by atoms with van der Waals surface area (Å²) >= 11 is 5.31. The van der Waals surface area contributed by atoms with E-state index in [2.05, 4.69) is 32.8 Å². The van der Waals surface area contributed by atoms with Crippen LogP contribution in [-0.2, 0) is 25.8 Å². The van der Waals surface area contributed by atoms with E-state index in [-0.39, 0.29) is 54.2 Å². The van der Waals surface area contributed by atoms with Crippen LogP contribution in [0, 0.1) is 17.8 Å². The molecule has 4 heterocycles. The van der Waals surface area contributed by atoms with E-state index in [1.165, 1.54) is 0 Å². The van der Waals surface area contributed by atoms with Gasteiger partial charge in [0.2, 0.25) is 11.8 Å². The number of carbonyl (C=O) groups excluding carboxylic acids is 3. The van der Waals surface area contributed by atoms with Crippen molar-refractivity contribution < 1.29 is 24.2 Å². The van der Waals surface area contributed by atoms with E-state index in [0.717, 1.165) is 5.52 Å². The van der Waals surface area contributed by atoms with Crippen molar-refractivity contribution in [2.75, 3.05) is 19.8 Å². The van der Waals surface area contributed by atoms with Crippen molar-refractivity contribution in [2.45, 2.75) is 60.8 Å². The Kier molecular flexibility index (Phi) is 7.82. The monoisotopic (exact) mass is 619 g/mol. The van der Waals surface area contributed by atoms with Crippen LogP contribution in [-0.4, -0.2) is 94.4 Å². The minimum Gasteiger partial charge on any atom is -0.466 e. The smallest absolute Gasteiger partial charge is 0.310 e. The molecule has 2 amide bonds. The third-order valence-electron chi connectivity index (χ3n) is 8.22. The molecule has 1 spiro atoms. The normalized spacial score (nSPS) is 30.2. The highest BCUT2D eigenvalue weighted by Gasteiger charge is 2.76. The van der Waals surface area contributed by atoms with E-state index in [0.29, 0.717) is 11.9 Å². The number of amides is 2. The number of rotatable bonds is 10. The van der Waals surface area contributed by atoms with Crippen molar-refractivity contribution in [1.29, 1.82) is 0 Å². The molecule has 0 saturated carbocycles. The Morgan fingerprint density at radius 2 is 2.13 bits per heavy atom. The lowest BCUT2D eigenvalue weighted by atomic mass is 9.71. The van der Waals surface area contributed by atoms with Gasteiger partial charge < -0.3 is 19.6 Å². The fourth-order valence-corrected chi connectivity index (χ4v) is 10.1. The molecule has 3 unspecified atom stereocenters. The SMILES string of the molecule is C=CCN(Cn1nnc2ccccc21)C(=O)C1N([C@@H](CO)C(C)C)C(=O)[C@@H]2[C@H](C(=O)OCC)[C@H]3SC12CC3Br. The van der Waals surface area contributed by atoms with Gasteiger partial charge in [0.15, 0.2) is 0 Å². The Balaban J connectivity index is 1.59. The molecule has 2 bridgehead atoms. The average Bonchev–Trinajstić information content (AvgIpc) is 3.62. The predicted octanol–water partition coefficient (Wildman–Crippen LogP) is 2.45. The molecular weight excluding hydrogens is 586 g/mol. The molecule has 2 aromatic rings. The highest BCUT2D eigenvalue weighted by molar-refractivity contribution is 9.09. The van der Waals surface area contributed by atoms with Gasteiger partial charge in [-0.05, 0) is 31.4 Å². The number of aliphatic hydroxyl groups is 1. The number of aromatic nitrogens is 3. The molecule has 0 aliphatic carbocycles. The number of fused-ring (bicyclic) bond motifs is 2. The van der Waals surface area contributed by atoms with Gasteiger partial charge in [0.25, 0.3) is 0 Å². The maximum atomic E-state index is 14.6. The first-order chi connectivity index (χ1) is 18.7. The molecule has 3 aliphatic rings. The third kappa shape index (κ3) is 4.39. The second-order valence-corrected chi connectivity index (χ2v) is 13.4. The molecule has 3 aliphatic heterocycles. The highest BCUT2D eigenvalue weighted by atomic mass is 79.9. The number of hydrogen-bond acceptors (Lipinski definition) is 8. The number of hydrogen-bond donors (Lipinski definition) is 1. The second kappa shape index (κ2) is 10.9. The Bertz CT molecular complexity index is 1290. The number of halogens is 1. The molecule has 1 aromatic heterocycles. The van der Waals surface area contributed by atoms with Gasteiger partial charge in [0, 0.05) is 16.6 Å². The number of likely N-dealkylation sites (tertiary alicyclic amines) is 1. The molecule has 0 radical (unpaired) electrons. The molecular formula is C27H34BrN5O5S. The summed E-state index contributed by atoms with van der Waals surface area (Å²) in [4.78, 5) is 45.2. The highest BCUT2D eigenvalue weighted by Crippen LogP contribution is 2.68. The Labute approximate surface area is 240 Å². The van der Waals surface area contributed by atoms with E-state index in [1.807, 2.05) is 38.1 Å². The molecule has 39 heavy (non-hydrogen) atoms. The molecule has 3 saturated heterocycles. The zero-order chi connectivity index (χ0) is 28.1. The van der Waals surface area contributed by atoms with Crippen LogP contribution >= 0.6 is 27.7 Å². The average molecular weight is 621 g/mol. The van der Waals surface area contributed by atoms with Crippen LogP contribution in [0.25, 0.3) is 11.0 Å². The number of esters is 1. The number of nitrogens with zero attached hydrogens (tertiary/aromatic N) is 5. The molecule has 1 aromatic carbocycles. The predicted molar refractivity (Wildman–Crippen MR) is 151 cm³/mol. The molecule has 5 rings (SSSR count). The summed E-state index contributed by atoms with van der Waals surface area (Å²) in [7, 11) is 0. The number of ether oxygens (including phenoxy) is 1. The van der Waals surface area contributed by atoms with Gasteiger partial charge in [-0.3, -0.25) is 14.4 Å². The fraction of sp³-hybridized carbons (Fsp3) is 0.593. The largest absolute Gasteiger partial charge is 0.466 e. The Morgan fingerprint density at radius 1 is 1.38 bits per heavy atom. The van der Waals surface area contributed by atoms with E-state index in [9.17, 15) is 19.5 Å². The van der Waals surface area contributed by atoms with Gasteiger partial charge in [0.1, 0.15) is 18.2 Å². The van der Waals surface area contributed by atoms with E-state index < -0.39 is 34.6 Å². The first kappa shape index (κ1) is 28.1. The first-order valence-corrected chi connectivity index (χ1v) is 15.1. The third-order valence-corrected chi connectivity index (χ3v) is 11.4. The van der Waals surface area contributed by atoms with Crippen molar-refractivity contribution in [3.63, 3.8) is 0 Å². The second-order valence-electron chi connectivity index (χ2n) is 10.7. The van der Waals surface area contributed by atoms with Crippen LogP contribution in [0.4, 0.5) is 0 Å². The summed E-state index contributed by atoms with van der Waals surface area (Å²) in [6.07, 6.45) is 2.19. The van der Waals surface area contributed by atoms with Crippen LogP contribution in [0.5, 0.6) is 0 Å². The fourth-order valence-electron chi connectivity index (χ4n) is 6.56. The molecule has 10 nitrogen and oxygen atoms in total. The summed E-state index contributed by atoms with van der Waals surface area (Å²) in [5.74, 6) is -2.42. The van der Waals surface area contributed by atoms with Gasteiger partial charge in [-0.25, -0.2) is 4.68 Å². The number of alkyl halides is 1. The van der Waals surface area contributed by atoms with Crippen molar-refractivity contribution >= 4 is 56.5 Å². The van der Waals surface area contributed by atoms with Crippen LogP contribution in [0.2, 0.25) is 0 Å². The lowest BCUT2D eigenvalue weighted by molar-refractivity contribution is -0.154. The lowest BCUT2D eigenvalue weighted by Gasteiger charge is -2.40. The van der Waals surface area contributed by atoms with Gasteiger partial charge in [-0.2, -0.15) is 0 Å². The minimum atomic E-state index is -0.876. The van der Waals surface area contributed by atoms with Crippen LogP contribution in [0.1, 0.15) is 27.2 Å². The van der Waals surface area contributed by atoms with Gasteiger partial charge in [0.05, 0.1) is 41.4 Å². The number of para-hydroxylation sites is 1. The molecule has 7 atom stereocenters.